The summed E-state index contributed by atoms with van der Waals surface area (Å²) in [6.07, 6.45) is 5.10. The normalized spacial score (nSPS) is 47.4. The molecular formula is C26H38O3. The van der Waals surface area contributed by atoms with E-state index < -0.39 is 11.5 Å². The fraction of sp³-hybridized carbons (Fsp3) is 0.731. The summed E-state index contributed by atoms with van der Waals surface area (Å²) in [5, 5.41) is 11.7. The number of aliphatic hydroxyl groups excluding tert-OH is 1. The number of carbonyl (C=O) groups is 1. The number of carbonyl (C=O) groups excluding carboxylic acids is 1. The molecule has 3 nitrogen and oxygen atoms in total. The number of benzene rings is 1. The zero-order chi connectivity index (χ0) is 21.0. The van der Waals surface area contributed by atoms with Crippen LogP contribution in [0.5, 0.6) is 0 Å². The molecule has 0 aromatic heterocycles. The summed E-state index contributed by atoms with van der Waals surface area (Å²) in [7, 11) is 1.81. The van der Waals surface area contributed by atoms with Crippen LogP contribution in [-0.2, 0) is 16.0 Å². The monoisotopic (exact) mass is 398 g/mol. The van der Waals surface area contributed by atoms with Gasteiger partial charge in [-0.05, 0) is 61.3 Å². The largest absolute Gasteiger partial charge is 0.393 e. The first-order valence-electron chi connectivity index (χ1n) is 11.5. The molecule has 1 aromatic rings. The highest BCUT2D eigenvalue weighted by atomic mass is 16.5. The van der Waals surface area contributed by atoms with Crippen molar-refractivity contribution in [2.75, 3.05) is 7.11 Å². The number of hydrogen-bond donors (Lipinski definition) is 1. The predicted molar refractivity (Wildman–Crippen MR) is 116 cm³/mol. The molecule has 3 fully saturated rings. The van der Waals surface area contributed by atoms with Crippen LogP contribution in [0.2, 0.25) is 0 Å². The van der Waals surface area contributed by atoms with E-state index >= 15 is 0 Å². The zero-order valence-corrected chi connectivity index (χ0v) is 18.8. The minimum absolute atomic E-state index is 0.000636. The van der Waals surface area contributed by atoms with Crippen molar-refractivity contribution < 1.29 is 14.6 Å². The maximum Gasteiger partial charge on any atom is 0.142 e. The smallest absolute Gasteiger partial charge is 0.142 e. The highest BCUT2D eigenvalue weighted by Gasteiger charge is 2.67. The van der Waals surface area contributed by atoms with E-state index in [1.54, 1.807) is 0 Å². The SMILES string of the molecule is CO[C@@H]1CC[C@@]23CC[C@@H](C)[C@@](C)([C@H](O)C[C@@](C)(Cc4ccccc4)C(=O)[C@@H]2C)[C@@H]13. The predicted octanol–water partition coefficient (Wildman–Crippen LogP) is 5.05. The third-order valence-corrected chi connectivity index (χ3v) is 9.61. The fourth-order valence-electron chi connectivity index (χ4n) is 7.74. The zero-order valence-electron chi connectivity index (χ0n) is 18.8. The van der Waals surface area contributed by atoms with Crippen molar-refractivity contribution in [1.29, 1.82) is 0 Å². The molecule has 1 aromatic carbocycles. The Hall–Kier alpha value is -1.19. The summed E-state index contributed by atoms with van der Waals surface area (Å²) in [4.78, 5) is 14.0. The minimum atomic E-state index is -0.540. The average Bonchev–Trinajstić information content (AvgIpc) is 3.10. The van der Waals surface area contributed by atoms with Gasteiger partial charge in [0.1, 0.15) is 5.78 Å². The van der Waals surface area contributed by atoms with Crippen LogP contribution in [0.3, 0.4) is 0 Å². The Labute approximate surface area is 176 Å². The molecule has 3 aliphatic carbocycles. The van der Waals surface area contributed by atoms with E-state index in [2.05, 4.69) is 39.8 Å². The maximum absolute atomic E-state index is 14.0. The van der Waals surface area contributed by atoms with E-state index in [0.717, 1.165) is 25.7 Å². The molecular weight excluding hydrogens is 360 g/mol. The standard InChI is InChI=1S/C26H38O3/c1-17-11-13-26-14-12-20(29-5)22(26)25(17,4)21(27)16-24(3,23(28)18(26)2)15-19-9-7-6-8-10-19/h6-10,17-18,20-22,27H,11-16H2,1-5H3/t17-,18+,20-,21-,22-,24-,25+,26+/m1/s1. The second kappa shape index (κ2) is 7.20. The molecule has 4 rings (SSSR count). The van der Waals surface area contributed by atoms with Gasteiger partial charge in [-0.3, -0.25) is 4.79 Å². The van der Waals surface area contributed by atoms with Gasteiger partial charge in [-0.15, -0.1) is 0 Å². The first-order chi connectivity index (χ1) is 13.7. The lowest BCUT2D eigenvalue weighted by molar-refractivity contribution is -0.191. The van der Waals surface area contributed by atoms with Gasteiger partial charge in [0.05, 0.1) is 12.2 Å². The summed E-state index contributed by atoms with van der Waals surface area (Å²) >= 11 is 0. The van der Waals surface area contributed by atoms with Crippen molar-refractivity contribution in [2.45, 2.75) is 78.4 Å². The van der Waals surface area contributed by atoms with Gasteiger partial charge >= 0.3 is 0 Å². The van der Waals surface area contributed by atoms with Crippen molar-refractivity contribution in [1.82, 2.24) is 0 Å². The second-order valence-electron chi connectivity index (χ2n) is 10.9. The van der Waals surface area contributed by atoms with Crippen LogP contribution in [0.4, 0.5) is 0 Å². The van der Waals surface area contributed by atoms with E-state index in [4.69, 9.17) is 4.74 Å². The van der Waals surface area contributed by atoms with Crippen molar-refractivity contribution in [3.63, 3.8) is 0 Å². The number of ether oxygens (including phenoxy) is 1. The van der Waals surface area contributed by atoms with E-state index in [9.17, 15) is 9.90 Å². The molecule has 29 heavy (non-hydrogen) atoms. The van der Waals surface area contributed by atoms with Gasteiger partial charge in [0, 0.05) is 23.9 Å². The molecule has 3 saturated carbocycles. The summed E-state index contributed by atoms with van der Waals surface area (Å²) in [6, 6.07) is 10.3. The summed E-state index contributed by atoms with van der Waals surface area (Å²) in [5.41, 5.74) is 0.379. The average molecular weight is 399 g/mol. The van der Waals surface area contributed by atoms with Crippen molar-refractivity contribution in [2.24, 2.45) is 34.0 Å². The van der Waals surface area contributed by atoms with Crippen LogP contribution < -0.4 is 0 Å². The quantitative estimate of drug-likeness (QED) is 0.775. The molecule has 0 saturated heterocycles. The number of ketones is 1. The van der Waals surface area contributed by atoms with Gasteiger partial charge in [-0.2, -0.15) is 0 Å². The van der Waals surface area contributed by atoms with Crippen molar-refractivity contribution >= 4 is 5.78 Å². The molecule has 8 atom stereocenters. The summed E-state index contributed by atoms with van der Waals surface area (Å²) in [6.45, 7) is 8.89. The number of methoxy groups -OCH3 is 1. The minimum Gasteiger partial charge on any atom is -0.393 e. The second-order valence-corrected chi connectivity index (χ2v) is 10.9. The molecule has 2 bridgehead atoms. The van der Waals surface area contributed by atoms with Crippen LogP contribution in [-0.4, -0.2) is 30.2 Å². The van der Waals surface area contributed by atoms with E-state index in [-0.39, 0.29) is 28.8 Å². The number of hydrogen-bond acceptors (Lipinski definition) is 3. The third kappa shape index (κ3) is 2.95. The molecule has 0 radical (unpaired) electrons. The highest BCUT2D eigenvalue weighted by molar-refractivity contribution is 5.88. The van der Waals surface area contributed by atoms with Crippen molar-refractivity contribution in [3.8, 4) is 0 Å². The summed E-state index contributed by atoms with van der Waals surface area (Å²) in [5.74, 6) is 1.02. The van der Waals surface area contributed by atoms with Gasteiger partial charge in [0.15, 0.2) is 0 Å². The van der Waals surface area contributed by atoms with Crippen LogP contribution in [0, 0.1) is 34.0 Å². The van der Waals surface area contributed by atoms with Gasteiger partial charge < -0.3 is 9.84 Å². The Balaban J connectivity index is 1.81. The van der Waals surface area contributed by atoms with E-state index in [1.807, 2.05) is 25.3 Å². The molecule has 0 unspecified atom stereocenters. The lowest BCUT2D eigenvalue weighted by atomic mass is 9.43. The highest BCUT2D eigenvalue weighted by Crippen LogP contribution is 2.68. The lowest BCUT2D eigenvalue weighted by Gasteiger charge is -2.61. The fourth-order valence-corrected chi connectivity index (χ4v) is 7.74. The Morgan fingerprint density at radius 2 is 1.76 bits per heavy atom. The van der Waals surface area contributed by atoms with Gasteiger partial charge in [-0.1, -0.05) is 58.0 Å². The Morgan fingerprint density at radius 1 is 1.10 bits per heavy atom. The van der Waals surface area contributed by atoms with Crippen LogP contribution >= 0.6 is 0 Å². The third-order valence-electron chi connectivity index (χ3n) is 9.61. The number of aliphatic hydroxyl groups is 1. The molecule has 0 heterocycles. The van der Waals surface area contributed by atoms with Gasteiger partial charge in [0.2, 0.25) is 0 Å². The first kappa shape index (κ1) is 21.1. The maximum atomic E-state index is 14.0. The Bertz CT molecular complexity index is 760. The topological polar surface area (TPSA) is 46.5 Å². The Kier molecular flexibility index (Phi) is 5.23. The van der Waals surface area contributed by atoms with Gasteiger partial charge in [-0.25, -0.2) is 0 Å². The molecule has 0 amide bonds. The van der Waals surface area contributed by atoms with Crippen LogP contribution in [0.1, 0.15) is 65.4 Å². The molecule has 0 aliphatic heterocycles. The van der Waals surface area contributed by atoms with E-state index in [0.29, 0.717) is 24.5 Å². The first-order valence-corrected chi connectivity index (χ1v) is 11.5. The molecule has 0 spiro atoms. The summed E-state index contributed by atoms with van der Waals surface area (Å²) < 4.78 is 5.98. The lowest BCUT2D eigenvalue weighted by Crippen LogP contribution is -2.62. The van der Waals surface area contributed by atoms with Gasteiger partial charge in [0.25, 0.3) is 0 Å². The number of Topliss-reactive ketones (excluding diaryl/α,β-unsaturated/α-hetero) is 1. The molecule has 160 valence electrons. The number of rotatable bonds is 3. The Morgan fingerprint density at radius 3 is 2.41 bits per heavy atom. The van der Waals surface area contributed by atoms with Crippen molar-refractivity contribution in [3.05, 3.63) is 35.9 Å². The molecule has 3 aliphatic rings. The van der Waals surface area contributed by atoms with Crippen LogP contribution in [0.25, 0.3) is 0 Å². The molecule has 1 N–H and O–H groups in total. The van der Waals surface area contributed by atoms with Crippen LogP contribution in [0.15, 0.2) is 30.3 Å². The van der Waals surface area contributed by atoms with E-state index in [1.165, 1.54) is 5.56 Å². The molecule has 3 heteroatoms.